The first-order valence-corrected chi connectivity index (χ1v) is 16.1. The van der Waals surface area contributed by atoms with E-state index in [9.17, 15) is 9.59 Å². The Bertz CT molecular complexity index is 1020. The van der Waals surface area contributed by atoms with Crippen molar-refractivity contribution in [1.29, 1.82) is 0 Å². The van der Waals surface area contributed by atoms with Crippen LogP contribution in [0, 0.1) is 52.8 Å². The van der Waals surface area contributed by atoms with Gasteiger partial charge >= 0.3 is 11.9 Å². The summed E-state index contributed by atoms with van der Waals surface area (Å²) >= 11 is 0. The largest absolute Gasteiger partial charge is 0.461 e. The first-order chi connectivity index (χ1) is 19.6. The molecule has 0 spiro atoms. The lowest BCUT2D eigenvalue weighted by Gasteiger charge is -2.56. The fraction of sp³-hybridized carbons (Fsp3) is 0.622. The number of hydrogen-bond acceptors (Lipinski definition) is 4. The molecule has 6 unspecified atom stereocenters. The highest BCUT2D eigenvalue weighted by atomic mass is 16.5. The second-order valence-electron chi connectivity index (χ2n) is 14.0. The first kappa shape index (κ1) is 31.3. The Kier molecular flexibility index (Phi) is 10.7. The predicted octanol–water partition coefficient (Wildman–Crippen LogP) is 9.10. The molecule has 0 N–H and O–H groups in total. The van der Waals surface area contributed by atoms with E-state index in [4.69, 9.17) is 9.47 Å². The molecule has 6 atom stereocenters. The molecule has 2 aliphatic carbocycles. The van der Waals surface area contributed by atoms with Crippen LogP contribution in [0.5, 0.6) is 0 Å². The van der Waals surface area contributed by atoms with Crippen molar-refractivity contribution in [3.63, 3.8) is 0 Å². The Morgan fingerprint density at radius 3 is 1.37 bits per heavy atom. The summed E-state index contributed by atoms with van der Waals surface area (Å²) < 4.78 is 12.7. The number of esters is 2. The average Bonchev–Trinajstić information content (AvgIpc) is 2.97. The normalized spacial score (nSPS) is 27.0. The van der Waals surface area contributed by atoms with E-state index >= 15 is 0 Å². The summed E-state index contributed by atoms with van der Waals surface area (Å²) in [6, 6.07) is 18.6. The highest BCUT2D eigenvalue weighted by Crippen LogP contribution is 2.57. The van der Waals surface area contributed by atoms with E-state index in [-0.39, 0.29) is 25.2 Å². The number of carbonyl (C=O) groups is 2. The lowest BCUT2D eigenvalue weighted by molar-refractivity contribution is -0.131. The van der Waals surface area contributed by atoms with Crippen LogP contribution >= 0.6 is 0 Å². The molecule has 41 heavy (non-hydrogen) atoms. The monoisotopic (exact) mass is 560 g/mol. The lowest BCUT2D eigenvalue weighted by Crippen LogP contribution is -2.55. The van der Waals surface area contributed by atoms with Crippen LogP contribution in [0.2, 0.25) is 0 Å². The zero-order valence-electron chi connectivity index (χ0n) is 26.2. The van der Waals surface area contributed by atoms with Gasteiger partial charge in [-0.2, -0.15) is 0 Å². The van der Waals surface area contributed by atoms with Gasteiger partial charge in [-0.15, -0.1) is 0 Å². The van der Waals surface area contributed by atoms with Crippen LogP contribution in [0.1, 0.15) is 101 Å². The van der Waals surface area contributed by atoms with Gasteiger partial charge in [-0.05, 0) is 97.3 Å². The molecule has 0 bridgehead atoms. The summed E-state index contributed by atoms with van der Waals surface area (Å²) in [7, 11) is 0. The highest BCUT2D eigenvalue weighted by molar-refractivity contribution is 5.89. The lowest BCUT2D eigenvalue weighted by atomic mass is 9.50. The average molecular weight is 561 g/mol. The molecule has 0 aromatic heterocycles. The van der Waals surface area contributed by atoms with Crippen molar-refractivity contribution < 1.29 is 19.1 Å². The van der Waals surface area contributed by atoms with Gasteiger partial charge in [-0.3, -0.25) is 0 Å². The maximum atomic E-state index is 13.4. The first-order valence-electron chi connectivity index (χ1n) is 16.1. The highest BCUT2D eigenvalue weighted by Gasteiger charge is 2.55. The number of hydrogen-bond donors (Lipinski definition) is 0. The number of rotatable bonds is 10. The molecule has 0 amide bonds. The van der Waals surface area contributed by atoms with Crippen LogP contribution in [-0.2, 0) is 9.47 Å². The molecule has 0 radical (unpaired) electrons. The molecular formula is C37H52O4. The third-order valence-corrected chi connectivity index (χ3v) is 10.5. The smallest absolute Gasteiger partial charge is 0.338 e. The number of benzene rings is 2. The van der Waals surface area contributed by atoms with E-state index in [2.05, 4.69) is 41.5 Å². The summed E-state index contributed by atoms with van der Waals surface area (Å²) in [5, 5.41) is 0. The van der Waals surface area contributed by atoms with Gasteiger partial charge in [0.15, 0.2) is 0 Å². The van der Waals surface area contributed by atoms with Crippen LogP contribution in [0.15, 0.2) is 60.7 Å². The van der Waals surface area contributed by atoms with E-state index in [0.717, 1.165) is 12.8 Å². The molecule has 4 rings (SSSR count). The van der Waals surface area contributed by atoms with E-state index in [1.807, 2.05) is 60.7 Å². The zero-order valence-corrected chi connectivity index (χ0v) is 26.2. The van der Waals surface area contributed by atoms with Gasteiger partial charge in [0, 0.05) is 5.41 Å². The van der Waals surface area contributed by atoms with Crippen molar-refractivity contribution >= 4 is 11.9 Å². The summed E-state index contributed by atoms with van der Waals surface area (Å²) in [5.41, 5.74) is 0.678. The molecule has 0 saturated heterocycles. The molecule has 4 nitrogen and oxygen atoms in total. The van der Waals surface area contributed by atoms with Crippen molar-refractivity contribution in [3.05, 3.63) is 71.8 Å². The van der Waals surface area contributed by atoms with Crippen LogP contribution in [0.3, 0.4) is 0 Å². The van der Waals surface area contributed by atoms with E-state index in [1.54, 1.807) is 0 Å². The van der Waals surface area contributed by atoms with Crippen molar-refractivity contribution in [2.24, 2.45) is 52.8 Å². The quantitative estimate of drug-likeness (QED) is 0.272. The number of carbonyl (C=O) groups excluding carboxylic acids is 2. The van der Waals surface area contributed by atoms with Gasteiger partial charge in [0.1, 0.15) is 13.2 Å². The third kappa shape index (κ3) is 7.43. The van der Waals surface area contributed by atoms with Crippen LogP contribution in [-0.4, -0.2) is 25.2 Å². The van der Waals surface area contributed by atoms with Gasteiger partial charge in [-0.1, -0.05) is 90.8 Å². The maximum absolute atomic E-state index is 13.4. The van der Waals surface area contributed by atoms with Crippen LogP contribution < -0.4 is 0 Å². The molecule has 4 heteroatoms. The summed E-state index contributed by atoms with van der Waals surface area (Å²) in [6.45, 7) is 14.7. The van der Waals surface area contributed by atoms with E-state index < -0.39 is 5.41 Å². The molecule has 224 valence electrons. The molecular weight excluding hydrogens is 508 g/mol. The molecule has 2 fully saturated rings. The molecule has 2 aromatic rings. The fourth-order valence-electron chi connectivity index (χ4n) is 8.19. The SMILES string of the molecule is CC1CCC(C(C)C)C(C(COC(=O)c2ccccc2)(COC(=O)c2ccccc2)C2CC(C)CCC2C(C)C)C1. The van der Waals surface area contributed by atoms with Crippen LogP contribution in [0.4, 0.5) is 0 Å². The Balaban J connectivity index is 1.80. The van der Waals surface area contributed by atoms with Gasteiger partial charge < -0.3 is 9.47 Å². The summed E-state index contributed by atoms with van der Waals surface area (Å²) in [6.07, 6.45) is 6.92. The molecule has 0 aliphatic heterocycles. The van der Waals surface area contributed by atoms with Gasteiger partial charge in [-0.25, -0.2) is 9.59 Å². The van der Waals surface area contributed by atoms with Crippen molar-refractivity contribution in [1.82, 2.24) is 0 Å². The number of ether oxygens (including phenoxy) is 2. The summed E-state index contributed by atoms with van der Waals surface area (Å²) in [5.74, 6) is 3.16. The van der Waals surface area contributed by atoms with Gasteiger partial charge in [0.25, 0.3) is 0 Å². The second-order valence-corrected chi connectivity index (χ2v) is 14.0. The predicted molar refractivity (Wildman–Crippen MR) is 166 cm³/mol. The van der Waals surface area contributed by atoms with E-state index in [1.165, 1.54) is 25.7 Å². The minimum absolute atomic E-state index is 0.282. The van der Waals surface area contributed by atoms with E-state index in [0.29, 0.717) is 58.5 Å². The second kappa shape index (κ2) is 14.0. The molecule has 2 aromatic carbocycles. The van der Waals surface area contributed by atoms with Crippen LogP contribution in [0.25, 0.3) is 0 Å². The van der Waals surface area contributed by atoms with Crippen molar-refractivity contribution in [3.8, 4) is 0 Å². The van der Waals surface area contributed by atoms with Crippen molar-refractivity contribution in [2.45, 2.75) is 80.1 Å². The minimum Gasteiger partial charge on any atom is -0.461 e. The Labute approximate surface area is 248 Å². The maximum Gasteiger partial charge on any atom is 0.338 e. The Hall–Kier alpha value is -2.62. The molecule has 2 saturated carbocycles. The zero-order chi connectivity index (χ0) is 29.6. The van der Waals surface area contributed by atoms with Gasteiger partial charge in [0.05, 0.1) is 11.1 Å². The Morgan fingerprint density at radius 2 is 1.02 bits per heavy atom. The Morgan fingerprint density at radius 1 is 0.659 bits per heavy atom. The molecule has 0 heterocycles. The fourth-order valence-corrected chi connectivity index (χ4v) is 8.19. The topological polar surface area (TPSA) is 52.6 Å². The minimum atomic E-state index is -0.456. The molecule has 2 aliphatic rings. The summed E-state index contributed by atoms with van der Waals surface area (Å²) in [4.78, 5) is 26.9. The standard InChI is InChI=1S/C37H52O4/c1-25(2)31-19-17-27(5)21-33(31)37(23-40-35(38)29-13-9-7-10-14-29,24-41-36(39)30-15-11-8-12-16-30)34-22-28(6)18-20-32(34)26(3)4/h7-16,25-28,31-34H,17-24H2,1-6H3. The third-order valence-electron chi connectivity index (χ3n) is 10.5. The van der Waals surface area contributed by atoms with Gasteiger partial charge in [0.2, 0.25) is 0 Å². The van der Waals surface area contributed by atoms with Crippen molar-refractivity contribution in [2.75, 3.05) is 13.2 Å².